The number of benzene rings is 2. The number of carboxylic acids is 1. The largest absolute Gasteiger partial charge is 0.481 e. The Bertz CT molecular complexity index is 1250. The summed E-state index contributed by atoms with van der Waals surface area (Å²) in [5.74, 6) is -2.26. The summed E-state index contributed by atoms with van der Waals surface area (Å²) < 4.78 is 1.62. The Kier molecular flexibility index (Phi) is 7.75. The second-order valence-corrected chi connectivity index (χ2v) is 10.9. The van der Waals surface area contributed by atoms with Crippen molar-refractivity contribution in [1.82, 2.24) is 4.98 Å². The number of hydrogen-bond acceptors (Lipinski definition) is 6. The molecule has 178 valence electrons. The van der Waals surface area contributed by atoms with Crippen molar-refractivity contribution >= 4 is 74.1 Å². The molecule has 1 aliphatic rings. The second-order valence-electron chi connectivity index (χ2n) is 8.29. The first-order chi connectivity index (χ1) is 16.3. The molecule has 1 saturated carbocycles. The highest BCUT2D eigenvalue weighted by molar-refractivity contribution is 8.01. The van der Waals surface area contributed by atoms with Gasteiger partial charge in [0.05, 0.1) is 27.8 Å². The second kappa shape index (κ2) is 10.8. The van der Waals surface area contributed by atoms with Crippen molar-refractivity contribution in [1.29, 1.82) is 0 Å². The summed E-state index contributed by atoms with van der Waals surface area (Å²) in [5, 5.41) is 15.7. The number of nitrogens with zero attached hydrogens (tertiary/aromatic N) is 1. The normalized spacial score (nSPS) is 17.9. The van der Waals surface area contributed by atoms with Crippen LogP contribution in [0.15, 0.2) is 40.7 Å². The first-order valence-corrected chi connectivity index (χ1v) is 13.1. The molecule has 1 fully saturated rings. The van der Waals surface area contributed by atoms with Crippen molar-refractivity contribution < 1.29 is 19.5 Å². The fraction of sp³-hybridized carbons (Fsp3) is 0.333. The number of halogens is 1. The van der Waals surface area contributed by atoms with E-state index in [4.69, 9.17) is 11.6 Å². The Balaban J connectivity index is 1.37. The predicted molar refractivity (Wildman–Crippen MR) is 137 cm³/mol. The van der Waals surface area contributed by atoms with Crippen LogP contribution in [0.4, 0.5) is 11.4 Å². The molecule has 10 heteroatoms. The molecule has 1 heterocycles. The van der Waals surface area contributed by atoms with Crippen molar-refractivity contribution in [2.45, 2.75) is 36.9 Å². The van der Waals surface area contributed by atoms with E-state index < -0.39 is 17.8 Å². The quantitative estimate of drug-likeness (QED) is 0.341. The van der Waals surface area contributed by atoms with Crippen LogP contribution in [0.3, 0.4) is 0 Å². The van der Waals surface area contributed by atoms with Crippen LogP contribution in [0.2, 0.25) is 5.02 Å². The molecular formula is C24H24ClN3O4S2. The Morgan fingerprint density at radius 3 is 2.53 bits per heavy atom. The number of aliphatic carboxylic acids is 1. The van der Waals surface area contributed by atoms with Gasteiger partial charge in [-0.25, -0.2) is 4.98 Å². The zero-order valence-corrected chi connectivity index (χ0v) is 20.9. The van der Waals surface area contributed by atoms with Crippen molar-refractivity contribution in [3.8, 4) is 0 Å². The van der Waals surface area contributed by atoms with Gasteiger partial charge in [0.1, 0.15) is 0 Å². The number of rotatable bonds is 7. The lowest BCUT2D eigenvalue weighted by molar-refractivity contribution is -0.147. The van der Waals surface area contributed by atoms with Gasteiger partial charge in [-0.1, -0.05) is 42.3 Å². The van der Waals surface area contributed by atoms with E-state index in [1.807, 2.05) is 31.2 Å². The van der Waals surface area contributed by atoms with Crippen LogP contribution in [0.1, 0.15) is 31.2 Å². The van der Waals surface area contributed by atoms with Crippen LogP contribution in [0.5, 0.6) is 0 Å². The van der Waals surface area contributed by atoms with E-state index in [0.29, 0.717) is 29.2 Å². The van der Waals surface area contributed by atoms with Crippen molar-refractivity contribution in [2.24, 2.45) is 11.8 Å². The summed E-state index contributed by atoms with van der Waals surface area (Å²) in [6, 6.07) is 10.8. The standard InChI is InChI=1S/C24H24ClN3O4S2/c1-13-6-7-14(10-18(13)25)26-21(29)12-33-24-28-19-9-8-15(11-20(19)34-24)27-22(30)16-4-2-3-5-17(16)23(31)32/h6-11,16-17H,2-5,12H2,1H3,(H,26,29)(H,27,30)(H,31,32)/t16-,17-/m1/s1. The Morgan fingerprint density at radius 1 is 1.09 bits per heavy atom. The van der Waals surface area contributed by atoms with Gasteiger partial charge >= 0.3 is 5.97 Å². The van der Waals surface area contributed by atoms with Crippen molar-refractivity contribution in [3.05, 3.63) is 47.0 Å². The smallest absolute Gasteiger partial charge is 0.307 e. The molecule has 3 aromatic rings. The topological polar surface area (TPSA) is 108 Å². The number of hydrogen-bond donors (Lipinski definition) is 3. The number of carboxylic acid groups (broad SMARTS) is 1. The number of anilines is 2. The maximum absolute atomic E-state index is 12.7. The van der Waals surface area contributed by atoms with Crippen molar-refractivity contribution in [3.63, 3.8) is 0 Å². The van der Waals surface area contributed by atoms with Gasteiger partial charge in [-0.05, 0) is 55.7 Å². The van der Waals surface area contributed by atoms with E-state index >= 15 is 0 Å². The van der Waals surface area contributed by atoms with E-state index in [9.17, 15) is 19.5 Å². The van der Waals surface area contributed by atoms with Crippen molar-refractivity contribution in [2.75, 3.05) is 16.4 Å². The highest BCUT2D eigenvalue weighted by Gasteiger charge is 2.35. The van der Waals surface area contributed by atoms with E-state index in [1.54, 1.807) is 12.1 Å². The molecule has 0 unspecified atom stereocenters. The Hall–Kier alpha value is -2.62. The average molecular weight is 518 g/mol. The van der Waals surface area contributed by atoms with Gasteiger partial charge in [0, 0.05) is 16.4 Å². The number of carbonyl (C=O) groups is 3. The first-order valence-electron chi connectivity index (χ1n) is 10.9. The summed E-state index contributed by atoms with van der Waals surface area (Å²) in [6.45, 7) is 1.90. The number of aromatic nitrogens is 1. The van der Waals surface area contributed by atoms with E-state index in [1.165, 1.54) is 23.1 Å². The number of fused-ring (bicyclic) bond motifs is 1. The number of nitrogens with one attached hydrogen (secondary N) is 2. The van der Waals surface area contributed by atoms with E-state index in [-0.39, 0.29) is 17.6 Å². The molecule has 0 aliphatic heterocycles. The van der Waals surface area contributed by atoms with Gasteiger partial charge < -0.3 is 15.7 Å². The first kappa shape index (κ1) is 24.5. The third-order valence-corrected chi connectivity index (χ3v) is 8.41. The minimum atomic E-state index is -0.908. The van der Waals surface area contributed by atoms with E-state index in [0.717, 1.165) is 33.0 Å². The molecular weight excluding hydrogens is 494 g/mol. The molecule has 1 aliphatic carbocycles. The number of thioether (sulfide) groups is 1. The molecule has 2 amide bonds. The van der Waals surface area contributed by atoms with Crippen LogP contribution < -0.4 is 10.6 Å². The van der Waals surface area contributed by atoms with Crippen LogP contribution in [0, 0.1) is 18.8 Å². The zero-order chi connectivity index (χ0) is 24.2. The average Bonchev–Trinajstić information content (AvgIpc) is 3.22. The molecule has 3 N–H and O–H groups in total. The molecule has 0 bridgehead atoms. The minimum absolute atomic E-state index is 0.155. The van der Waals surface area contributed by atoms with E-state index in [2.05, 4.69) is 15.6 Å². The summed E-state index contributed by atoms with van der Waals surface area (Å²) in [6.07, 6.45) is 2.82. The fourth-order valence-electron chi connectivity index (χ4n) is 4.01. The Labute approximate surface area is 210 Å². The molecule has 4 rings (SSSR count). The number of aryl methyl sites for hydroxylation is 1. The maximum atomic E-state index is 12.7. The number of amides is 2. The lowest BCUT2D eigenvalue weighted by atomic mass is 9.78. The number of thiazole rings is 1. The Morgan fingerprint density at radius 2 is 1.79 bits per heavy atom. The lowest BCUT2D eigenvalue weighted by Gasteiger charge is -2.27. The van der Waals surface area contributed by atoms with Crippen LogP contribution in [-0.4, -0.2) is 33.6 Å². The van der Waals surface area contributed by atoms with Gasteiger partial charge in [0.2, 0.25) is 11.8 Å². The molecule has 2 aromatic carbocycles. The lowest BCUT2D eigenvalue weighted by Crippen LogP contribution is -2.36. The molecule has 0 saturated heterocycles. The number of carbonyl (C=O) groups excluding carboxylic acids is 2. The summed E-state index contributed by atoms with van der Waals surface area (Å²) >= 11 is 8.88. The molecule has 1 aromatic heterocycles. The minimum Gasteiger partial charge on any atom is -0.481 e. The monoisotopic (exact) mass is 517 g/mol. The molecule has 2 atom stereocenters. The van der Waals surface area contributed by atoms with Gasteiger partial charge in [-0.2, -0.15) is 0 Å². The summed E-state index contributed by atoms with van der Waals surface area (Å²) in [4.78, 5) is 41.1. The highest BCUT2D eigenvalue weighted by atomic mass is 35.5. The van der Waals surface area contributed by atoms with Crippen LogP contribution >= 0.6 is 34.7 Å². The highest BCUT2D eigenvalue weighted by Crippen LogP contribution is 2.34. The summed E-state index contributed by atoms with van der Waals surface area (Å²) in [7, 11) is 0. The van der Waals surface area contributed by atoms with Gasteiger partial charge in [-0.3, -0.25) is 14.4 Å². The van der Waals surface area contributed by atoms with Gasteiger partial charge in [0.15, 0.2) is 4.34 Å². The third kappa shape index (κ3) is 5.89. The zero-order valence-electron chi connectivity index (χ0n) is 18.5. The SMILES string of the molecule is Cc1ccc(NC(=O)CSc2nc3ccc(NC(=O)[C@@H]4CCCC[C@H]4C(=O)O)cc3s2)cc1Cl. The predicted octanol–water partition coefficient (Wildman–Crippen LogP) is 5.82. The summed E-state index contributed by atoms with van der Waals surface area (Å²) in [5.41, 5.74) is 2.98. The molecule has 0 spiro atoms. The third-order valence-electron chi connectivity index (χ3n) is 5.84. The van der Waals surface area contributed by atoms with Gasteiger partial charge in [0.25, 0.3) is 0 Å². The van der Waals surface area contributed by atoms with Gasteiger partial charge in [-0.15, -0.1) is 11.3 Å². The van der Waals surface area contributed by atoms with Crippen LogP contribution in [-0.2, 0) is 14.4 Å². The molecule has 7 nitrogen and oxygen atoms in total. The molecule has 34 heavy (non-hydrogen) atoms. The molecule has 0 radical (unpaired) electrons. The van der Waals surface area contributed by atoms with Crippen LogP contribution in [0.25, 0.3) is 10.2 Å². The maximum Gasteiger partial charge on any atom is 0.307 e. The fourth-order valence-corrected chi connectivity index (χ4v) is 6.10.